The number of sulfonamides is 1. The molecule has 0 spiro atoms. The van der Waals surface area contributed by atoms with E-state index in [-0.39, 0.29) is 10.9 Å². The number of nitrogens with two attached hydrogens (primary N) is 1. The normalized spacial score (nSPS) is 14.8. The number of amides is 2. The van der Waals surface area contributed by atoms with Crippen molar-refractivity contribution < 1.29 is 13.2 Å². The molecule has 7 heteroatoms. The van der Waals surface area contributed by atoms with Crippen LogP contribution in [0.5, 0.6) is 0 Å². The summed E-state index contributed by atoms with van der Waals surface area (Å²) in [6.45, 7) is 1.16. The lowest BCUT2D eigenvalue weighted by Crippen LogP contribution is -2.37. The van der Waals surface area contributed by atoms with Gasteiger partial charge in [0.2, 0.25) is 10.0 Å². The van der Waals surface area contributed by atoms with Crippen LogP contribution in [0.15, 0.2) is 65.6 Å². The molecule has 0 fully saturated rings. The summed E-state index contributed by atoms with van der Waals surface area (Å²) in [5.74, 6) is 0. The molecule has 2 aromatic rings. The van der Waals surface area contributed by atoms with Crippen LogP contribution < -0.4 is 10.5 Å². The van der Waals surface area contributed by atoms with E-state index in [1.807, 2.05) is 18.2 Å². The van der Waals surface area contributed by atoms with Crippen molar-refractivity contribution in [3.8, 4) is 0 Å². The summed E-state index contributed by atoms with van der Waals surface area (Å²) < 4.78 is 22.5. The van der Waals surface area contributed by atoms with Crippen LogP contribution in [0, 0.1) is 0 Å². The molecular formula is C18H19N3O3S. The van der Waals surface area contributed by atoms with Crippen molar-refractivity contribution in [1.29, 1.82) is 0 Å². The van der Waals surface area contributed by atoms with E-state index in [4.69, 9.17) is 5.14 Å². The maximum atomic E-state index is 12.3. The van der Waals surface area contributed by atoms with Crippen LogP contribution in [0.4, 0.5) is 10.5 Å². The molecule has 0 bridgehead atoms. The van der Waals surface area contributed by atoms with E-state index in [1.54, 1.807) is 4.90 Å². The summed E-state index contributed by atoms with van der Waals surface area (Å²) >= 11 is 0. The monoisotopic (exact) mass is 357 g/mol. The number of nitrogens with zero attached hydrogens (tertiary/aromatic N) is 1. The molecule has 6 nitrogen and oxygen atoms in total. The third kappa shape index (κ3) is 4.26. The summed E-state index contributed by atoms with van der Waals surface area (Å²) in [4.78, 5) is 14.1. The summed E-state index contributed by atoms with van der Waals surface area (Å²) in [6.07, 6.45) is 2.85. The second-order valence-corrected chi connectivity index (χ2v) is 7.35. The van der Waals surface area contributed by atoms with Gasteiger partial charge < -0.3 is 10.2 Å². The molecule has 25 heavy (non-hydrogen) atoms. The Hall–Kier alpha value is -2.64. The maximum absolute atomic E-state index is 12.3. The number of hydrogen-bond donors (Lipinski definition) is 2. The van der Waals surface area contributed by atoms with Crippen LogP contribution in [-0.4, -0.2) is 32.4 Å². The maximum Gasteiger partial charge on any atom is 0.322 e. The van der Waals surface area contributed by atoms with Crippen molar-refractivity contribution in [2.24, 2.45) is 5.14 Å². The number of benzene rings is 2. The van der Waals surface area contributed by atoms with E-state index < -0.39 is 10.0 Å². The van der Waals surface area contributed by atoms with Gasteiger partial charge in [-0.1, -0.05) is 36.4 Å². The molecule has 0 saturated carbocycles. The number of primary sulfonamides is 1. The number of urea groups is 1. The third-order valence-electron chi connectivity index (χ3n) is 4.08. The van der Waals surface area contributed by atoms with Crippen molar-refractivity contribution in [2.75, 3.05) is 18.4 Å². The molecule has 2 aromatic carbocycles. The van der Waals surface area contributed by atoms with Gasteiger partial charge in [-0.25, -0.2) is 18.4 Å². The number of nitrogens with one attached hydrogen (secondary N) is 1. The number of rotatable bonds is 3. The standard InChI is InChI=1S/C18H19N3O3S/c19-25(23,24)17-8-6-16(7-9-17)20-18(22)21-12-10-15(11-13-21)14-4-2-1-3-5-14/h1-10H,11-13H2,(H,20,22)(H2,19,23,24). The molecular weight excluding hydrogens is 338 g/mol. The fraction of sp³-hybridized carbons (Fsp3) is 0.167. The van der Waals surface area contributed by atoms with Crippen molar-refractivity contribution >= 4 is 27.3 Å². The van der Waals surface area contributed by atoms with E-state index in [0.717, 1.165) is 6.42 Å². The van der Waals surface area contributed by atoms with Crippen LogP contribution in [0.25, 0.3) is 5.57 Å². The van der Waals surface area contributed by atoms with Crippen LogP contribution in [0.1, 0.15) is 12.0 Å². The highest BCUT2D eigenvalue weighted by atomic mass is 32.2. The zero-order valence-corrected chi connectivity index (χ0v) is 14.4. The molecule has 0 unspecified atom stereocenters. The van der Waals surface area contributed by atoms with Crippen molar-refractivity contribution in [2.45, 2.75) is 11.3 Å². The van der Waals surface area contributed by atoms with Crippen LogP contribution >= 0.6 is 0 Å². The topological polar surface area (TPSA) is 92.5 Å². The summed E-state index contributed by atoms with van der Waals surface area (Å²) in [5.41, 5.74) is 2.94. The van der Waals surface area contributed by atoms with Gasteiger partial charge in [-0.2, -0.15) is 0 Å². The highest BCUT2D eigenvalue weighted by molar-refractivity contribution is 7.89. The van der Waals surface area contributed by atoms with Crippen LogP contribution in [0.3, 0.4) is 0 Å². The van der Waals surface area contributed by atoms with E-state index in [1.165, 1.54) is 35.4 Å². The Kier molecular flexibility index (Phi) is 4.87. The van der Waals surface area contributed by atoms with Crippen LogP contribution in [-0.2, 0) is 10.0 Å². The molecule has 1 aliphatic heterocycles. The van der Waals surface area contributed by atoms with E-state index >= 15 is 0 Å². The predicted molar refractivity (Wildman–Crippen MR) is 97.4 cm³/mol. The first-order valence-electron chi connectivity index (χ1n) is 7.87. The Balaban J connectivity index is 1.62. The average molecular weight is 357 g/mol. The van der Waals surface area contributed by atoms with Crippen molar-refractivity contribution in [3.63, 3.8) is 0 Å². The fourth-order valence-electron chi connectivity index (χ4n) is 2.70. The molecule has 0 radical (unpaired) electrons. The van der Waals surface area contributed by atoms with E-state index in [9.17, 15) is 13.2 Å². The second kappa shape index (κ2) is 7.08. The predicted octanol–water partition coefficient (Wildman–Crippen LogP) is 2.66. The van der Waals surface area contributed by atoms with Gasteiger partial charge in [-0.05, 0) is 41.8 Å². The molecule has 130 valence electrons. The van der Waals surface area contributed by atoms with Gasteiger partial charge >= 0.3 is 6.03 Å². The van der Waals surface area contributed by atoms with Crippen molar-refractivity contribution in [3.05, 3.63) is 66.2 Å². The van der Waals surface area contributed by atoms with Gasteiger partial charge in [0.05, 0.1) is 4.90 Å². The van der Waals surface area contributed by atoms with Gasteiger partial charge in [0.1, 0.15) is 0 Å². The van der Waals surface area contributed by atoms with Gasteiger partial charge in [-0.3, -0.25) is 0 Å². The fourth-order valence-corrected chi connectivity index (χ4v) is 3.21. The van der Waals surface area contributed by atoms with Crippen molar-refractivity contribution in [1.82, 2.24) is 4.90 Å². The average Bonchev–Trinajstić information content (AvgIpc) is 2.62. The summed E-state index contributed by atoms with van der Waals surface area (Å²) in [6, 6.07) is 15.7. The Morgan fingerprint density at radius 3 is 2.28 bits per heavy atom. The van der Waals surface area contributed by atoms with Gasteiger partial charge in [0, 0.05) is 18.8 Å². The minimum Gasteiger partial charge on any atom is -0.320 e. The first-order chi connectivity index (χ1) is 11.9. The number of carbonyl (C=O) groups is 1. The molecule has 0 atom stereocenters. The zero-order valence-electron chi connectivity index (χ0n) is 13.6. The molecule has 2 amide bonds. The minimum atomic E-state index is -3.73. The first-order valence-corrected chi connectivity index (χ1v) is 9.41. The molecule has 3 rings (SSSR count). The smallest absolute Gasteiger partial charge is 0.320 e. The van der Waals surface area contributed by atoms with E-state index in [0.29, 0.717) is 18.8 Å². The Labute approximate surface area is 147 Å². The molecule has 0 aromatic heterocycles. The number of anilines is 1. The molecule has 3 N–H and O–H groups in total. The highest BCUT2D eigenvalue weighted by Crippen LogP contribution is 2.22. The quantitative estimate of drug-likeness (QED) is 0.884. The number of hydrogen-bond acceptors (Lipinski definition) is 3. The van der Waals surface area contributed by atoms with Gasteiger partial charge in [0.25, 0.3) is 0 Å². The largest absolute Gasteiger partial charge is 0.322 e. The molecule has 1 heterocycles. The number of carbonyl (C=O) groups excluding carboxylic acids is 1. The molecule has 1 aliphatic rings. The lowest BCUT2D eigenvalue weighted by atomic mass is 10.00. The lowest BCUT2D eigenvalue weighted by molar-refractivity contribution is 0.217. The Morgan fingerprint density at radius 1 is 1.04 bits per heavy atom. The molecule has 0 aliphatic carbocycles. The molecule has 0 saturated heterocycles. The van der Waals surface area contributed by atoms with Gasteiger partial charge in [0.15, 0.2) is 0 Å². The third-order valence-corrected chi connectivity index (χ3v) is 5.00. The second-order valence-electron chi connectivity index (χ2n) is 5.79. The first kappa shape index (κ1) is 17.2. The highest BCUT2D eigenvalue weighted by Gasteiger charge is 2.18. The van der Waals surface area contributed by atoms with Crippen LogP contribution in [0.2, 0.25) is 0 Å². The Morgan fingerprint density at radius 2 is 1.72 bits per heavy atom. The minimum absolute atomic E-state index is 0.0129. The summed E-state index contributed by atoms with van der Waals surface area (Å²) in [5, 5.41) is 7.82. The SMILES string of the molecule is NS(=O)(=O)c1ccc(NC(=O)N2CC=C(c3ccccc3)CC2)cc1. The lowest BCUT2D eigenvalue weighted by Gasteiger charge is -2.27. The van der Waals surface area contributed by atoms with Gasteiger partial charge in [-0.15, -0.1) is 0 Å². The Bertz CT molecular complexity index is 891. The summed E-state index contributed by atoms with van der Waals surface area (Å²) in [7, 11) is -3.73. The van der Waals surface area contributed by atoms with E-state index in [2.05, 4.69) is 23.5 Å². The zero-order chi connectivity index (χ0) is 17.9.